The molecule has 6 heteroatoms. The van der Waals surface area contributed by atoms with Crippen molar-refractivity contribution in [2.45, 2.75) is 25.9 Å². The Kier molecular flexibility index (Phi) is 4.50. The van der Waals surface area contributed by atoms with Crippen LogP contribution in [-0.2, 0) is 0 Å². The molecule has 1 aliphatic rings. The maximum absolute atomic E-state index is 11.9. The van der Waals surface area contributed by atoms with Gasteiger partial charge in [-0.2, -0.15) is 0 Å². The molecule has 0 spiro atoms. The molecule has 1 heterocycles. The van der Waals surface area contributed by atoms with Crippen molar-refractivity contribution in [3.05, 3.63) is 22.7 Å². The Morgan fingerprint density at radius 3 is 3.05 bits per heavy atom. The maximum atomic E-state index is 11.9. The van der Waals surface area contributed by atoms with Crippen LogP contribution in [0.15, 0.2) is 12.1 Å². The van der Waals surface area contributed by atoms with Crippen LogP contribution in [0.1, 0.15) is 30.1 Å². The Balaban J connectivity index is 2.02. The monoisotopic (exact) mass is 285 g/mol. The largest absolute Gasteiger partial charge is 0.454 e. The third-order valence-electron chi connectivity index (χ3n) is 2.81. The van der Waals surface area contributed by atoms with Crippen LogP contribution in [0, 0.1) is 0 Å². The van der Waals surface area contributed by atoms with E-state index in [1.54, 1.807) is 6.07 Å². The van der Waals surface area contributed by atoms with E-state index in [1.807, 2.05) is 6.92 Å². The van der Waals surface area contributed by atoms with Gasteiger partial charge < -0.3 is 19.9 Å². The van der Waals surface area contributed by atoms with Crippen LogP contribution in [0.4, 0.5) is 0 Å². The summed E-state index contributed by atoms with van der Waals surface area (Å²) >= 11 is 6.00. The predicted octanol–water partition coefficient (Wildman–Crippen LogP) is 1.96. The van der Waals surface area contributed by atoms with Gasteiger partial charge in [-0.25, -0.2) is 0 Å². The minimum atomic E-state index is -0.529. The van der Waals surface area contributed by atoms with Crippen molar-refractivity contribution in [1.29, 1.82) is 0 Å². The van der Waals surface area contributed by atoms with Gasteiger partial charge in [0.15, 0.2) is 11.5 Å². The van der Waals surface area contributed by atoms with Crippen molar-refractivity contribution in [3.8, 4) is 11.5 Å². The highest BCUT2D eigenvalue weighted by Gasteiger charge is 2.20. The van der Waals surface area contributed by atoms with Crippen molar-refractivity contribution in [3.63, 3.8) is 0 Å². The minimum absolute atomic E-state index is 0.106. The van der Waals surface area contributed by atoms with E-state index in [2.05, 4.69) is 5.32 Å². The Morgan fingerprint density at radius 2 is 2.32 bits per heavy atom. The lowest BCUT2D eigenvalue weighted by Gasteiger charge is -2.11. The van der Waals surface area contributed by atoms with Gasteiger partial charge in [0.1, 0.15) is 0 Å². The molecule has 0 bridgehead atoms. The molecule has 1 atom stereocenters. The first-order chi connectivity index (χ1) is 9.11. The molecule has 19 heavy (non-hydrogen) atoms. The third kappa shape index (κ3) is 3.30. The van der Waals surface area contributed by atoms with Crippen LogP contribution < -0.4 is 14.8 Å². The summed E-state index contributed by atoms with van der Waals surface area (Å²) < 4.78 is 10.4. The SMILES string of the molecule is CCCC(O)CNC(=O)c1cc(Cl)c2c(c1)OCO2. The lowest BCUT2D eigenvalue weighted by atomic mass is 10.1. The van der Waals surface area contributed by atoms with Crippen molar-refractivity contribution in [1.82, 2.24) is 5.32 Å². The van der Waals surface area contributed by atoms with Gasteiger partial charge in [-0.15, -0.1) is 0 Å². The molecule has 1 aliphatic heterocycles. The van der Waals surface area contributed by atoms with E-state index in [-0.39, 0.29) is 19.2 Å². The summed E-state index contributed by atoms with van der Waals surface area (Å²) in [6.07, 6.45) is 0.994. The molecule has 2 N–H and O–H groups in total. The predicted molar refractivity (Wildman–Crippen MR) is 70.8 cm³/mol. The molecule has 2 rings (SSSR count). The van der Waals surface area contributed by atoms with Crippen LogP contribution in [0.5, 0.6) is 11.5 Å². The van der Waals surface area contributed by atoms with Crippen LogP contribution in [0.2, 0.25) is 5.02 Å². The fourth-order valence-electron chi connectivity index (χ4n) is 1.85. The molecule has 104 valence electrons. The fraction of sp³-hybridized carbons (Fsp3) is 0.462. The number of benzene rings is 1. The van der Waals surface area contributed by atoms with Crippen LogP contribution >= 0.6 is 11.6 Å². The number of fused-ring (bicyclic) bond motifs is 1. The summed E-state index contributed by atoms with van der Waals surface area (Å²) in [5, 5.41) is 12.6. The molecule has 1 unspecified atom stereocenters. The first kappa shape index (κ1) is 14.0. The third-order valence-corrected chi connectivity index (χ3v) is 3.09. The molecule has 1 aromatic rings. The molecular formula is C13H16ClNO4. The average Bonchev–Trinajstić information content (AvgIpc) is 2.85. The number of ether oxygens (including phenoxy) is 2. The summed E-state index contributed by atoms with van der Waals surface area (Å²) in [6.45, 7) is 2.30. The summed E-state index contributed by atoms with van der Waals surface area (Å²) in [4.78, 5) is 11.9. The molecule has 0 radical (unpaired) electrons. The van der Waals surface area contributed by atoms with Gasteiger partial charge in [0, 0.05) is 12.1 Å². The van der Waals surface area contributed by atoms with Crippen molar-refractivity contribution < 1.29 is 19.4 Å². The summed E-state index contributed by atoms with van der Waals surface area (Å²) in [6, 6.07) is 3.10. The molecule has 0 aliphatic carbocycles. The Bertz CT molecular complexity index is 478. The number of aliphatic hydroxyl groups is 1. The smallest absolute Gasteiger partial charge is 0.251 e. The lowest BCUT2D eigenvalue weighted by molar-refractivity contribution is 0.0909. The summed E-state index contributed by atoms with van der Waals surface area (Å²) in [7, 11) is 0. The Hall–Kier alpha value is -1.46. The van der Waals surface area contributed by atoms with E-state index in [0.717, 1.165) is 6.42 Å². The number of amides is 1. The van der Waals surface area contributed by atoms with Crippen LogP contribution in [0.3, 0.4) is 0 Å². The Labute approximate surface area is 116 Å². The second-order valence-corrected chi connectivity index (χ2v) is 4.75. The van der Waals surface area contributed by atoms with E-state index in [9.17, 15) is 9.90 Å². The number of rotatable bonds is 5. The number of hydrogen-bond donors (Lipinski definition) is 2. The standard InChI is InChI=1S/C13H16ClNO4/c1-2-3-9(16)6-15-13(17)8-4-10(14)12-11(5-8)18-7-19-12/h4-5,9,16H,2-3,6-7H2,1H3,(H,15,17). The topological polar surface area (TPSA) is 67.8 Å². The quantitative estimate of drug-likeness (QED) is 0.868. The first-order valence-corrected chi connectivity index (χ1v) is 6.55. The van der Waals surface area contributed by atoms with Gasteiger partial charge >= 0.3 is 0 Å². The highest BCUT2D eigenvalue weighted by molar-refractivity contribution is 6.32. The van der Waals surface area contributed by atoms with E-state index in [0.29, 0.717) is 28.5 Å². The number of nitrogens with one attached hydrogen (secondary N) is 1. The Morgan fingerprint density at radius 1 is 1.53 bits per heavy atom. The number of carbonyl (C=O) groups is 1. The van der Waals surface area contributed by atoms with Crippen molar-refractivity contribution in [2.75, 3.05) is 13.3 Å². The van der Waals surface area contributed by atoms with E-state index in [4.69, 9.17) is 21.1 Å². The van der Waals surface area contributed by atoms with Gasteiger partial charge in [-0.3, -0.25) is 4.79 Å². The zero-order chi connectivity index (χ0) is 13.8. The van der Waals surface area contributed by atoms with Crippen LogP contribution in [-0.4, -0.2) is 30.5 Å². The maximum Gasteiger partial charge on any atom is 0.251 e. The van der Waals surface area contributed by atoms with E-state index >= 15 is 0 Å². The zero-order valence-electron chi connectivity index (χ0n) is 10.6. The molecule has 0 fully saturated rings. The molecule has 1 amide bonds. The molecule has 1 aromatic carbocycles. The van der Waals surface area contributed by atoms with Gasteiger partial charge in [0.2, 0.25) is 6.79 Å². The van der Waals surface area contributed by atoms with Gasteiger partial charge in [-0.05, 0) is 18.6 Å². The normalized spacial score (nSPS) is 14.3. The molecule has 5 nitrogen and oxygen atoms in total. The van der Waals surface area contributed by atoms with E-state index < -0.39 is 6.10 Å². The number of halogens is 1. The van der Waals surface area contributed by atoms with Gasteiger partial charge in [-0.1, -0.05) is 24.9 Å². The first-order valence-electron chi connectivity index (χ1n) is 6.17. The lowest BCUT2D eigenvalue weighted by Crippen LogP contribution is -2.31. The van der Waals surface area contributed by atoms with Gasteiger partial charge in [0.25, 0.3) is 5.91 Å². The van der Waals surface area contributed by atoms with Crippen molar-refractivity contribution in [2.24, 2.45) is 0 Å². The minimum Gasteiger partial charge on any atom is -0.454 e. The van der Waals surface area contributed by atoms with E-state index in [1.165, 1.54) is 6.07 Å². The number of aliphatic hydroxyl groups excluding tert-OH is 1. The average molecular weight is 286 g/mol. The number of hydrogen-bond acceptors (Lipinski definition) is 4. The summed E-state index contributed by atoms with van der Waals surface area (Å²) in [5.74, 6) is 0.631. The van der Waals surface area contributed by atoms with Crippen molar-refractivity contribution >= 4 is 17.5 Å². The molecular weight excluding hydrogens is 270 g/mol. The fourth-order valence-corrected chi connectivity index (χ4v) is 2.11. The highest BCUT2D eigenvalue weighted by Crippen LogP contribution is 2.39. The van der Waals surface area contributed by atoms with Crippen LogP contribution in [0.25, 0.3) is 0 Å². The molecule has 0 saturated heterocycles. The second kappa shape index (κ2) is 6.12. The van der Waals surface area contributed by atoms with Gasteiger partial charge in [0.05, 0.1) is 11.1 Å². The second-order valence-electron chi connectivity index (χ2n) is 4.34. The highest BCUT2D eigenvalue weighted by atomic mass is 35.5. The molecule has 0 aromatic heterocycles. The molecule has 0 saturated carbocycles. The summed E-state index contributed by atoms with van der Waals surface area (Å²) in [5.41, 5.74) is 0.387. The number of carbonyl (C=O) groups excluding carboxylic acids is 1. The zero-order valence-corrected chi connectivity index (χ0v) is 11.4.